The van der Waals surface area contributed by atoms with Crippen molar-refractivity contribution in [1.82, 2.24) is 24.7 Å². The van der Waals surface area contributed by atoms with Crippen LogP contribution in [0.4, 0.5) is 4.39 Å². The number of hydrogen-bond acceptors (Lipinski definition) is 6. The zero-order valence-corrected chi connectivity index (χ0v) is 30.7. The molecule has 1 aliphatic carbocycles. The molecule has 0 radical (unpaired) electrons. The van der Waals surface area contributed by atoms with Crippen molar-refractivity contribution in [2.45, 2.75) is 89.1 Å². The highest BCUT2D eigenvalue weighted by Gasteiger charge is 2.51. The lowest BCUT2D eigenvalue weighted by molar-refractivity contribution is -0.129. The van der Waals surface area contributed by atoms with Gasteiger partial charge in [-0.1, -0.05) is 46.9 Å². The Balaban J connectivity index is 1.47. The zero-order valence-electron chi connectivity index (χ0n) is 28.4. The predicted octanol–water partition coefficient (Wildman–Crippen LogP) is 8.49. The van der Waals surface area contributed by atoms with Crippen LogP contribution in [0.25, 0.3) is 32.9 Å². The lowest BCUT2D eigenvalue weighted by Gasteiger charge is -2.39. The molecule has 6 heterocycles. The van der Waals surface area contributed by atoms with Crippen molar-refractivity contribution >= 4 is 62.5 Å². The van der Waals surface area contributed by atoms with E-state index in [-0.39, 0.29) is 64.6 Å². The molecule has 5 aliphatic rings. The van der Waals surface area contributed by atoms with Gasteiger partial charge in [-0.25, -0.2) is 9.37 Å². The van der Waals surface area contributed by atoms with Gasteiger partial charge in [-0.3, -0.25) is 9.69 Å². The summed E-state index contributed by atoms with van der Waals surface area (Å²) in [5.74, 6) is 0.0939. The van der Waals surface area contributed by atoms with E-state index < -0.39 is 5.82 Å². The minimum atomic E-state index is -0.552. The first-order valence-electron chi connectivity index (χ1n) is 17.7. The normalized spacial score (nSPS) is 25.4. The Morgan fingerprint density at radius 3 is 2.68 bits per heavy atom. The number of ether oxygens (including phenoxy) is 1. The molecule has 4 aromatic rings. The fourth-order valence-corrected chi connectivity index (χ4v) is 10.1. The van der Waals surface area contributed by atoms with E-state index in [1.54, 1.807) is 25.1 Å². The maximum Gasteiger partial charge on any atom is 0.225 e. The fraction of sp³-hybridized carbons (Fsp3) is 0.500. The third-order valence-corrected chi connectivity index (χ3v) is 12.9. The number of fused-ring (bicyclic) bond motifs is 4. The Kier molecular flexibility index (Phi) is 8.92. The average molecular weight is 738 g/mol. The molecule has 262 valence electrons. The maximum atomic E-state index is 17.5. The highest BCUT2D eigenvalue weighted by Crippen LogP contribution is 2.54. The van der Waals surface area contributed by atoms with Gasteiger partial charge in [-0.15, -0.1) is 0 Å². The number of pyridine rings is 1. The number of nitrogens with one attached hydrogen (secondary N) is 1. The number of rotatable bonds is 8. The molecule has 4 aliphatic heterocycles. The summed E-state index contributed by atoms with van der Waals surface area (Å²) in [4.78, 5) is 22.2. The SMILES string of the molecule is CC(=O)N1CCCC1c1c(Cl)c2c(OC(C)C3CCCN3C)nc3c(F)c(-c4cccc(Cl)c4Cl)c(CCC#N)cc3c2n1C1C2CNC1C2. The molecule has 12 heteroatoms. The van der Waals surface area contributed by atoms with Crippen LogP contribution in [-0.2, 0) is 11.2 Å². The van der Waals surface area contributed by atoms with Crippen molar-refractivity contribution in [3.63, 3.8) is 0 Å². The topological polar surface area (TPSA) is 86.4 Å². The average Bonchev–Trinajstić information content (AvgIpc) is 3.92. The lowest BCUT2D eigenvalue weighted by Crippen LogP contribution is -2.40. The van der Waals surface area contributed by atoms with Crippen molar-refractivity contribution < 1.29 is 13.9 Å². The Morgan fingerprint density at radius 1 is 1.20 bits per heavy atom. The van der Waals surface area contributed by atoms with Crippen molar-refractivity contribution in [3.8, 4) is 23.1 Å². The minimum Gasteiger partial charge on any atom is -0.472 e. The molecular formula is C38H40Cl3FN6O2. The van der Waals surface area contributed by atoms with Crippen LogP contribution >= 0.6 is 34.8 Å². The largest absolute Gasteiger partial charge is 0.472 e. The Hall–Kier alpha value is -3.13. The van der Waals surface area contributed by atoms with Gasteiger partial charge in [-0.05, 0) is 82.7 Å². The Morgan fingerprint density at radius 2 is 2.00 bits per heavy atom. The second-order valence-corrected chi connectivity index (χ2v) is 15.6. The highest BCUT2D eigenvalue weighted by atomic mass is 35.5. The number of aryl methyl sites for hydroxylation is 1. The first kappa shape index (κ1) is 34.0. The molecule has 1 amide bonds. The number of carbonyl (C=O) groups is 1. The molecule has 1 N–H and O–H groups in total. The van der Waals surface area contributed by atoms with Gasteiger partial charge in [0.2, 0.25) is 11.8 Å². The smallest absolute Gasteiger partial charge is 0.225 e. The summed E-state index contributed by atoms with van der Waals surface area (Å²) in [5, 5.41) is 15.6. The first-order chi connectivity index (χ1) is 24.1. The van der Waals surface area contributed by atoms with Crippen LogP contribution in [0.15, 0.2) is 24.3 Å². The van der Waals surface area contributed by atoms with Gasteiger partial charge in [0.1, 0.15) is 11.6 Å². The maximum absolute atomic E-state index is 17.5. The van der Waals surface area contributed by atoms with Crippen LogP contribution < -0.4 is 10.1 Å². The molecule has 2 aromatic heterocycles. The summed E-state index contributed by atoms with van der Waals surface area (Å²) in [6, 6.07) is 9.56. The quantitative estimate of drug-likeness (QED) is 0.195. The molecule has 2 bridgehead atoms. The third-order valence-electron chi connectivity index (χ3n) is 11.7. The van der Waals surface area contributed by atoms with Crippen LogP contribution in [0, 0.1) is 23.1 Å². The third kappa shape index (κ3) is 5.28. The second-order valence-electron chi connectivity index (χ2n) is 14.5. The summed E-state index contributed by atoms with van der Waals surface area (Å²) in [6.45, 7) is 6.16. The van der Waals surface area contributed by atoms with E-state index in [0.29, 0.717) is 50.8 Å². The summed E-state index contributed by atoms with van der Waals surface area (Å²) >= 11 is 20.8. The lowest BCUT2D eigenvalue weighted by atomic mass is 9.79. The summed E-state index contributed by atoms with van der Waals surface area (Å²) in [7, 11) is 2.10. The van der Waals surface area contributed by atoms with E-state index >= 15 is 4.39 Å². The van der Waals surface area contributed by atoms with Gasteiger partial charge in [-0.2, -0.15) is 5.26 Å². The molecule has 5 fully saturated rings. The first-order valence-corrected chi connectivity index (χ1v) is 18.8. The number of nitriles is 1. The number of carbonyl (C=O) groups excluding carboxylic acids is 1. The van der Waals surface area contributed by atoms with Gasteiger partial charge in [0.05, 0.1) is 49.8 Å². The van der Waals surface area contributed by atoms with Crippen LogP contribution in [0.5, 0.6) is 5.88 Å². The Labute approximate surface area is 306 Å². The van der Waals surface area contributed by atoms with Crippen molar-refractivity contribution in [2.75, 3.05) is 26.7 Å². The zero-order chi connectivity index (χ0) is 35.0. The molecule has 6 unspecified atom stereocenters. The number of likely N-dealkylation sites (N-methyl/N-ethyl adjacent to an activating group) is 1. The number of halogens is 4. The number of hydrogen-bond donors (Lipinski definition) is 1. The monoisotopic (exact) mass is 736 g/mol. The highest BCUT2D eigenvalue weighted by molar-refractivity contribution is 6.43. The number of benzene rings is 2. The van der Waals surface area contributed by atoms with E-state index in [1.807, 2.05) is 17.9 Å². The standard InChI is InChI=1S/C38H40Cl3FN6O2/c1-19(27-11-6-14-46(27)3)50-38-30-32(41)37(28-12-7-15-47(28)20(2)49)48(35-22-17-26(35)44-18-22)36(30)24-16-21(8-5-13-43)29(33(42)34(24)45-38)23-9-4-10-25(39)31(23)40/h4,9-10,16,19,22,26-28,35,44H,5-8,11-12,14-15,17-18H2,1-3H3. The van der Waals surface area contributed by atoms with Gasteiger partial charge >= 0.3 is 0 Å². The summed E-state index contributed by atoms with van der Waals surface area (Å²) < 4.78 is 26.6. The fourth-order valence-electron chi connectivity index (χ4n) is 9.31. The van der Waals surface area contributed by atoms with E-state index in [1.165, 1.54) is 0 Å². The van der Waals surface area contributed by atoms with Crippen LogP contribution in [0.1, 0.15) is 75.7 Å². The molecule has 9 rings (SSSR count). The number of likely N-dealkylation sites (tertiary alicyclic amines) is 2. The predicted molar refractivity (Wildman–Crippen MR) is 196 cm³/mol. The molecule has 2 aromatic carbocycles. The van der Waals surface area contributed by atoms with Gasteiger partial charge < -0.3 is 19.5 Å². The molecule has 50 heavy (non-hydrogen) atoms. The van der Waals surface area contributed by atoms with Gasteiger partial charge in [0.25, 0.3) is 0 Å². The summed E-state index contributed by atoms with van der Waals surface area (Å²) in [5.41, 5.74) is 3.11. The van der Waals surface area contributed by atoms with E-state index in [0.717, 1.165) is 56.4 Å². The van der Waals surface area contributed by atoms with E-state index in [2.05, 4.69) is 27.9 Å². The van der Waals surface area contributed by atoms with Crippen LogP contribution in [-0.4, -0.2) is 70.1 Å². The molecule has 4 saturated heterocycles. The van der Waals surface area contributed by atoms with Crippen LogP contribution in [0.3, 0.4) is 0 Å². The van der Waals surface area contributed by atoms with E-state index in [9.17, 15) is 10.1 Å². The van der Waals surface area contributed by atoms with Crippen molar-refractivity contribution in [1.29, 1.82) is 5.26 Å². The number of amides is 1. The molecule has 8 nitrogen and oxygen atoms in total. The van der Waals surface area contributed by atoms with Crippen LogP contribution in [0.2, 0.25) is 15.1 Å². The molecule has 6 atom stereocenters. The number of aromatic nitrogens is 2. The molecule has 1 saturated carbocycles. The minimum absolute atomic E-state index is 0.000282. The van der Waals surface area contributed by atoms with Gasteiger partial charge in [0, 0.05) is 55.0 Å². The summed E-state index contributed by atoms with van der Waals surface area (Å²) in [6.07, 6.45) is 4.95. The van der Waals surface area contributed by atoms with E-state index in [4.69, 9.17) is 44.5 Å². The van der Waals surface area contributed by atoms with Crippen molar-refractivity contribution in [3.05, 3.63) is 56.4 Å². The second kappa shape index (κ2) is 13.1. The number of nitrogens with zero attached hydrogens (tertiary/aromatic N) is 5. The molecule has 0 spiro atoms. The van der Waals surface area contributed by atoms with Gasteiger partial charge in [0.15, 0.2) is 5.82 Å². The molecular weight excluding hydrogens is 698 g/mol. The van der Waals surface area contributed by atoms with Crippen molar-refractivity contribution in [2.24, 2.45) is 5.92 Å². The Bertz CT molecular complexity index is 2070.